The first-order valence-electron chi connectivity index (χ1n) is 54.2. The molecule has 0 amide bonds. The molecule has 0 aromatic carbocycles. The topological polar surface area (TPSA) is 486 Å². The van der Waals surface area contributed by atoms with Crippen LogP contribution in [0.15, 0.2) is 12.3 Å². The molecule has 148 heavy (non-hydrogen) atoms. The van der Waals surface area contributed by atoms with Crippen LogP contribution in [0.3, 0.4) is 0 Å². The Bertz CT molecular complexity index is 4800. The maximum absolute atomic E-state index is 13.1. The molecule has 12 bridgehead atoms. The third-order valence-electron chi connectivity index (χ3n) is 36.2. The van der Waals surface area contributed by atoms with Crippen LogP contribution < -0.4 is 5.73 Å². The number of rotatable bonds is 26. The summed E-state index contributed by atoms with van der Waals surface area (Å²) in [5.74, 6) is -5.93. The van der Waals surface area contributed by atoms with Crippen LogP contribution in [0.4, 0.5) is 0 Å². The Balaban J connectivity index is 0.000000169. The van der Waals surface area contributed by atoms with Crippen molar-refractivity contribution in [3.63, 3.8) is 0 Å². The van der Waals surface area contributed by atoms with E-state index in [9.17, 15) is 76.7 Å². The van der Waals surface area contributed by atoms with Crippen molar-refractivity contribution in [2.75, 3.05) is 66.2 Å². The highest BCUT2D eigenvalue weighted by Gasteiger charge is 2.69. The highest BCUT2D eigenvalue weighted by molar-refractivity contribution is 5.91. The number of aliphatic hydroxyl groups excluding tert-OH is 1. The Morgan fingerprint density at radius 3 is 0.939 bits per heavy atom. The highest BCUT2D eigenvalue weighted by atomic mass is 16.7. The number of fused-ring (bicyclic) bond motifs is 12. The molecule has 4 aliphatic heterocycles. The lowest BCUT2D eigenvalue weighted by Crippen LogP contribution is -2.46. The van der Waals surface area contributed by atoms with E-state index in [0.29, 0.717) is 90.6 Å². The Morgan fingerprint density at radius 1 is 0.385 bits per heavy atom. The molecular weight excluding hydrogens is 1920 g/mol. The highest BCUT2D eigenvalue weighted by Crippen LogP contribution is 2.66. The average Bonchev–Trinajstić information content (AvgIpc) is 1.60. The molecule has 16 fully saturated rings. The molecule has 12 aliphatic carbocycles. The van der Waals surface area contributed by atoms with E-state index in [4.69, 9.17) is 96.1 Å². The molecule has 0 aromatic heterocycles. The molecule has 12 saturated carbocycles. The first kappa shape index (κ1) is 119. The van der Waals surface area contributed by atoms with Gasteiger partial charge in [-0.05, 0) is 284 Å². The lowest BCUT2D eigenvalue weighted by Gasteiger charge is -2.37. The Hall–Kier alpha value is -8.90. The summed E-state index contributed by atoms with van der Waals surface area (Å²) in [6.45, 7) is 61.7. The molecule has 41 atom stereocenters. The lowest BCUT2D eigenvalue weighted by atomic mass is 9.69. The smallest absolute Gasteiger partial charge is 0.348 e. The van der Waals surface area contributed by atoms with Gasteiger partial charge < -0.3 is 96.1 Å². The first-order chi connectivity index (χ1) is 68.9. The molecule has 36 nitrogen and oxygen atoms in total. The van der Waals surface area contributed by atoms with Crippen molar-refractivity contribution in [1.29, 1.82) is 0 Å². The van der Waals surface area contributed by atoms with Crippen molar-refractivity contribution >= 4 is 95.5 Å². The van der Waals surface area contributed by atoms with Gasteiger partial charge in [0.2, 0.25) is 12.2 Å². The number of cyclic esters (lactones) is 4. The second-order valence-corrected chi connectivity index (χ2v) is 49.9. The summed E-state index contributed by atoms with van der Waals surface area (Å²) in [5.41, 5.74) is 2.55. The molecule has 3 N–H and O–H groups in total. The van der Waals surface area contributed by atoms with Gasteiger partial charge in [0.25, 0.3) is 0 Å². The molecule has 0 radical (unpaired) electrons. The van der Waals surface area contributed by atoms with Gasteiger partial charge in [-0.25, -0.2) is 9.59 Å². The van der Waals surface area contributed by atoms with Crippen LogP contribution in [0, 0.1) is 218 Å². The summed E-state index contributed by atoms with van der Waals surface area (Å²) in [5, 5.41) is 8.84. The quantitative estimate of drug-likeness (QED) is 0.0267. The van der Waals surface area contributed by atoms with E-state index >= 15 is 0 Å². The summed E-state index contributed by atoms with van der Waals surface area (Å²) < 4.78 is 95.5. The fourth-order valence-electron chi connectivity index (χ4n) is 28.2. The van der Waals surface area contributed by atoms with E-state index in [1.54, 1.807) is 6.92 Å². The second-order valence-electron chi connectivity index (χ2n) is 49.9. The SMILES string of the molecule is C=C(CN)OC(=O)C1C2CC(C(C)C2C)C1C(=O)OC(C)(C)C.CC1C(C)C2CC1C(C(=O)OC1C(=O)OCC1(C)C)C2C(=O)OC(C)(C)C.CC1C(C)C2CC1C(C(=O)OC1CCOC1=O)C2C(=O)OC(C)(C)C.CC1C(C)C2CC1C(C(=O)OCCO)C2C(=O)OC(C)(C)C.CCOC(C)OC(=O)C1C2CC(C(C)C2C)C1C(=O)OC1COC(=O)C1.CCOCOC(=O)C1C2CC(C(C)C2C)C1C(=O)OC1COC(=O)C1. The number of ether oxygens (including phenoxy) is 18. The average molecular weight is 2090 g/mol. The van der Waals surface area contributed by atoms with Crippen LogP contribution in [0.1, 0.15) is 259 Å². The van der Waals surface area contributed by atoms with Gasteiger partial charge in [0.15, 0.2) is 13.1 Å². The van der Waals surface area contributed by atoms with Crippen LogP contribution in [-0.2, 0) is 162 Å². The zero-order chi connectivity index (χ0) is 110. The Labute approximate surface area is 872 Å². The normalized spacial score (nSPS) is 38.8. The van der Waals surface area contributed by atoms with Gasteiger partial charge >= 0.3 is 95.5 Å². The Morgan fingerprint density at radius 2 is 0.676 bits per heavy atom. The van der Waals surface area contributed by atoms with Crippen molar-refractivity contribution < 1.29 is 167 Å². The molecule has 4 saturated heterocycles. The van der Waals surface area contributed by atoms with Crippen LogP contribution in [-0.4, -0.2) is 220 Å². The van der Waals surface area contributed by atoms with Gasteiger partial charge in [0, 0.05) is 25.0 Å². The molecular formula is C112H171NO35. The van der Waals surface area contributed by atoms with Gasteiger partial charge in [-0.15, -0.1) is 0 Å². The number of carbonyl (C=O) groups is 16. The minimum atomic E-state index is -0.920. The third kappa shape index (κ3) is 26.6. The molecule has 4 heterocycles. The van der Waals surface area contributed by atoms with Gasteiger partial charge in [-0.2, -0.15) is 0 Å². The largest absolute Gasteiger partial charge is 0.463 e. The molecule has 36 heteroatoms. The van der Waals surface area contributed by atoms with Gasteiger partial charge in [0.1, 0.15) is 66.8 Å². The predicted molar refractivity (Wildman–Crippen MR) is 528 cm³/mol. The zero-order valence-corrected chi connectivity index (χ0v) is 92.7. The van der Waals surface area contributed by atoms with Crippen molar-refractivity contribution in [3.05, 3.63) is 12.3 Å². The number of aliphatic hydroxyl groups is 1. The van der Waals surface area contributed by atoms with Crippen LogP contribution in [0.2, 0.25) is 0 Å². The van der Waals surface area contributed by atoms with Gasteiger partial charge in [-0.1, -0.05) is 104 Å². The minimum Gasteiger partial charge on any atom is -0.463 e. The zero-order valence-electron chi connectivity index (χ0n) is 92.7. The van der Waals surface area contributed by atoms with Gasteiger partial charge in [-0.3, -0.25) is 67.1 Å². The van der Waals surface area contributed by atoms with Crippen LogP contribution >= 0.6 is 0 Å². The second kappa shape index (κ2) is 48.2. The fourth-order valence-corrected chi connectivity index (χ4v) is 28.2. The van der Waals surface area contributed by atoms with Crippen molar-refractivity contribution in [2.45, 2.75) is 312 Å². The maximum Gasteiger partial charge on any atom is 0.348 e. The lowest BCUT2D eigenvalue weighted by molar-refractivity contribution is -0.188. The monoisotopic (exact) mass is 2090 g/mol. The fraction of sp³-hybridized carbons (Fsp3) is 0.839. The summed E-state index contributed by atoms with van der Waals surface area (Å²) in [6.07, 6.45) is 2.11. The van der Waals surface area contributed by atoms with E-state index < -0.39 is 171 Å². The summed E-state index contributed by atoms with van der Waals surface area (Å²) in [7, 11) is 0. The first-order valence-corrected chi connectivity index (χ1v) is 54.2. The molecule has 0 aromatic rings. The number of esters is 16. The number of carbonyl (C=O) groups excluding carboxylic acids is 16. The predicted octanol–water partition coefficient (Wildman–Crippen LogP) is 13.3. The summed E-state index contributed by atoms with van der Waals surface area (Å²) >= 11 is 0. The molecule has 0 spiro atoms. The third-order valence-corrected chi connectivity index (χ3v) is 36.2. The van der Waals surface area contributed by atoms with E-state index in [1.165, 1.54) is 0 Å². The standard InChI is InChI=1S/C21H32O6.C19H28O7.C19H28O6.C18H29NO4.C18H26O7.C17H28O5/c1-10-11(2)13-8-12(10)14(15(13)18(23)27-20(3,4)5)17(22)26-16-19(24)25-9-21(16,6)7;1-5-23-11(4)25-18(21)16-13-7-14(10(3)9(13)2)17(16)19(22)26-12-6-15(20)24-8-12;1-9-10(2)12-8-11(9)14(15(12)18(22)25-19(3,4)5)17(21)24-13-6-7-23-16(13)20;1-9(8-19)22-16(20)14-12-7-13(11(3)10(12)2)15(14)17(21)23-18(4,5)6;1-4-22-8-24-17(20)15-12-6-13(10(3)9(12)2)16(15)18(21)25-11-5-14(19)23-7-11;1-9-10(2)12-8-11(9)13(15(19)21-7-6-18)14(12)16(20)22-17(3,4)5/h10-16H,8-9H2,1-7H3;9-14,16-17H,5-8H2,1-4H3;9-15H,6-8H2,1-5H3;10-15H,1,7-8,19H2,2-6H3;9-13,15-16H,4-8H2,1-3H3;9-14,18H,6-8H2,1-5H3. The summed E-state index contributed by atoms with van der Waals surface area (Å²) in [4.78, 5) is 199. The van der Waals surface area contributed by atoms with Crippen molar-refractivity contribution in [3.8, 4) is 0 Å². The minimum absolute atomic E-state index is 0.0162. The number of hydrogen-bond acceptors (Lipinski definition) is 36. The van der Waals surface area contributed by atoms with E-state index in [-0.39, 0.29) is 196 Å². The van der Waals surface area contributed by atoms with E-state index in [1.807, 2.05) is 111 Å². The van der Waals surface area contributed by atoms with Crippen LogP contribution in [0.25, 0.3) is 0 Å². The van der Waals surface area contributed by atoms with Crippen LogP contribution in [0.5, 0.6) is 0 Å². The number of hydrogen-bond donors (Lipinski definition) is 2. The maximum atomic E-state index is 13.1. The van der Waals surface area contributed by atoms with Gasteiger partial charge in [0.05, 0.1) is 104 Å². The van der Waals surface area contributed by atoms with Crippen molar-refractivity contribution in [1.82, 2.24) is 0 Å². The number of nitrogens with two attached hydrogens (primary N) is 1. The summed E-state index contributed by atoms with van der Waals surface area (Å²) in [6, 6.07) is 0. The van der Waals surface area contributed by atoms with Crippen molar-refractivity contribution in [2.24, 2.45) is 224 Å². The molecule has 834 valence electrons. The van der Waals surface area contributed by atoms with E-state index in [0.717, 1.165) is 38.5 Å². The van der Waals surface area contributed by atoms with E-state index in [2.05, 4.69) is 89.7 Å². The molecule has 16 rings (SSSR count). The molecule has 41 unspecified atom stereocenters. The Kier molecular flexibility index (Phi) is 38.9. The molecule has 16 aliphatic rings.